The van der Waals surface area contributed by atoms with E-state index in [1.807, 2.05) is 0 Å². The number of hydrogen-bond acceptors (Lipinski definition) is 3. The van der Waals surface area contributed by atoms with Gasteiger partial charge >= 0.3 is 5.97 Å². The van der Waals surface area contributed by atoms with Crippen LogP contribution in [0.5, 0.6) is 0 Å². The third-order valence-corrected chi connectivity index (χ3v) is 1.81. The lowest BCUT2D eigenvalue weighted by Crippen LogP contribution is -2.14. The van der Waals surface area contributed by atoms with E-state index in [4.69, 9.17) is 21.4 Å². The van der Waals surface area contributed by atoms with E-state index in [-0.39, 0.29) is 12.1 Å². The van der Waals surface area contributed by atoms with Gasteiger partial charge in [-0.3, -0.25) is 4.79 Å². The van der Waals surface area contributed by atoms with E-state index in [1.165, 1.54) is 6.92 Å². The number of carbonyl (C=O) groups excluding carboxylic acids is 1. The summed E-state index contributed by atoms with van der Waals surface area (Å²) in [5.41, 5.74) is 0. The highest BCUT2D eigenvalue weighted by Crippen LogP contribution is 2.24. The SMILES string of the molecule is CC(=O)OC1C=C(Cl)C(O)C1. The van der Waals surface area contributed by atoms with E-state index >= 15 is 0 Å². The maximum Gasteiger partial charge on any atom is 0.303 e. The van der Waals surface area contributed by atoms with Crippen LogP contribution in [0.2, 0.25) is 0 Å². The standard InChI is InChI=1S/C7H9ClO3/c1-4(9)11-5-2-6(8)7(10)3-5/h2,5,7,10H,3H2,1H3. The second-order valence-corrected chi connectivity index (χ2v) is 2.89. The fourth-order valence-corrected chi connectivity index (χ4v) is 1.21. The maximum absolute atomic E-state index is 10.4. The van der Waals surface area contributed by atoms with E-state index in [0.29, 0.717) is 11.5 Å². The first-order valence-electron chi connectivity index (χ1n) is 3.32. The molecule has 0 aromatic heterocycles. The first-order chi connectivity index (χ1) is 5.09. The van der Waals surface area contributed by atoms with Gasteiger partial charge in [0.25, 0.3) is 0 Å². The van der Waals surface area contributed by atoms with E-state index in [0.717, 1.165) is 0 Å². The number of aliphatic hydroxyl groups is 1. The van der Waals surface area contributed by atoms with Crippen LogP contribution in [0.15, 0.2) is 11.1 Å². The Morgan fingerprint density at radius 1 is 1.91 bits per heavy atom. The molecule has 0 aromatic rings. The van der Waals surface area contributed by atoms with Crippen LogP contribution in [0.1, 0.15) is 13.3 Å². The molecule has 2 atom stereocenters. The van der Waals surface area contributed by atoms with Gasteiger partial charge in [-0.15, -0.1) is 0 Å². The molecule has 1 rings (SSSR count). The van der Waals surface area contributed by atoms with Crippen molar-refractivity contribution in [2.45, 2.75) is 25.6 Å². The second-order valence-electron chi connectivity index (χ2n) is 2.45. The average molecular weight is 177 g/mol. The van der Waals surface area contributed by atoms with Gasteiger partial charge in [0.1, 0.15) is 6.10 Å². The zero-order valence-corrected chi connectivity index (χ0v) is 6.84. The van der Waals surface area contributed by atoms with Crippen molar-refractivity contribution in [1.29, 1.82) is 0 Å². The van der Waals surface area contributed by atoms with E-state index in [9.17, 15) is 4.79 Å². The van der Waals surface area contributed by atoms with Crippen molar-refractivity contribution in [3.05, 3.63) is 11.1 Å². The summed E-state index contributed by atoms with van der Waals surface area (Å²) >= 11 is 5.56. The largest absolute Gasteiger partial charge is 0.458 e. The molecule has 0 saturated heterocycles. The summed E-state index contributed by atoms with van der Waals surface area (Å²) in [5, 5.41) is 9.45. The van der Waals surface area contributed by atoms with Crippen molar-refractivity contribution in [1.82, 2.24) is 0 Å². The Hall–Kier alpha value is -0.540. The molecule has 1 aliphatic carbocycles. The molecule has 0 radical (unpaired) electrons. The van der Waals surface area contributed by atoms with Gasteiger partial charge in [-0.25, -0.2) is 0 Å². The molecule has 0 spiro atoms. The third-order valence-electron chi connectivity index (χ3n) is 1.44. The lowest BCUT2D eigenvalue weighted by Gasteiger charge is -2.07. The molecular formula is C7H9ClO3. The first kappa shape index (κ1) is 8.56. The fraction of sp³-hybridized carbons (Fsp3) is 0.571. The molecule has 11 heavy (non-hydrogen) atoms. The second kappa shape index (κ2) is 3.24. The minimum atomic E-state index is -0.666. The highest BCUT2D eigenvalue weighted by atomic mass is 35.5. The molecule has 3 nitrogen and oxygen atoms in total. The Labute approximate surface area is 69.6 Å². The van der Waals surface area contributed by atoms with Gasteiger partial charge in [0.2, 0.25) is 0 Å². The van der Waals surface area contributed by atoms with Gasteiger partial charge < -0.3 is 9.84 Å². The van der Waals surface area contributed by atoms with Gasteiger partial charge in [0, 0.05) is 18.4 Å². The van der Waals surface area contributed by atoms with Crippen LogP contribution < -0.4 is 0 Å². The van der Waals surface area contributed by atoms with Crippen LogP contribution in [0.4, 0.5) is 0 Å². The van der Waals surface area contributed by atoms with Gasteiger partial charge in [0.15, 0.2) is 0 Å². The molecule has 0 heterocycles. The monoisotopic (exact) mass is 176 g/mol. The number of hydrogen-bond donors (Lipinski definition) is 1. The van der Waals surface area contributed by atoms with Crippen LogP contribution in [-0.2, 0) is 9.53 Å². The Balaban J connectivity index is 2.47. The summed E-state index contributed by atoms with van der Waals surface area (Å²) in [4.78, 5) is 10.4. The lowest BCUT2D eigenvalue weighted by atomic mass is 10.3. The lowest BCUT2D eigenvalue weighted by molar-refractivity contribution is -0.144. The van der Waals surface area contributed by atoms with Crippen molar-refractivity contribution >= 4 is 17.6 Å². The summed E-state index contributed by atoms with van der Waals surface area (Å²) in [6.07, 6.45) is 0.905. The molecule has 0 aromatic carbocycles. The minimum absolute atomic E-state index is 0.352. The number of esters is 1. The summed E-state index contributed by atoms with van der Waals surface area (Å²) in [6.45, 7) is 1.33. The molecule has 1 aliphatic rings. The predicted molar refractivity (Wildman–Crippen MR) is 40.1 cm³/mol. The molecule has 1 N–H and O–H groups in total. The summed E-state index contributed by atoms with van der Waals surface area (Å²) < 4.78 is 4.79. The molecule has 62 valence electrons. The molecule has 2 unspecified atom stereocenters. The normalized spacial score (nSPS) is 29.9. The van der Waals surface area contributed by atoms with Gasteiger partial charge in [-0.2, -0.15) is 0 Å². The van der Waals surface area contributed by atoms with E-state index < -0.39 is 6.10 Å². The smallest absolute Gasteiger partial charge is 0.303 e. The number of ether oxygens (including phenoxy) is 1. The average Bonchev–Trinajstić information content (AvgIpc) is 2.10. The summed E-state index contributed by atoms with van der Waals surface area (Å²) in [7, 11) is 0. The van der Waals surface area contributed by atoms with Crippen molar-refractivity contribution in [2.24, 2.45) is 0 Å². The Morgan fingerprint density at radius 3 is 2.91 bits per heavy atom. The molecule has 0 amide bonds. The van der Waals surface area contributed by atoms with E-state index in [1.54, 1.807) is 6.08 Å². The Morgan fingerprint density at radius 2 is 2.55 bits per heavy atom. The Bertz CT molecular complexity index is 200. The topological polar surface area (TPSA) is 46.5 Å². The van der Waals surface area contributed by atoms with Crippen LogP contribution in [-0.4, -0.2) is 23.3 Å². The van der Waals surface area contributed by atoms with Gasteiger partial charge in [0.05, 0.1) is 6.10 Å². The first-order valence-corrected chi connectivity index (χ1v) is 3.70. The third kappa shape index (κ3) is 2.20. The molecule has 0 saturated carbocycles. The molecular weight excluding hydrogens is 168 g/mol. The van der Waals surface area contributed by atoms with Crippen molar-refractivity contribution in [3.63, 3.8) is 0 Å². The minimum Gasteiger partial charge on any atom is -0.458 e. The number of aliphatic hydroxyl groups excluding tert-OH is 1. The van der Waals surface area contributed by atoms with Crippen LogP contribution in [0.3, 0.4) is 0 Å². The van der Waals surface area contributed by atoms with Gasteiger partial charge in [-0.1, -0.05) is 11.6 Å². The molecule has 0 fully saturated rings. The predicted octanol–water partition coefficient (Wildman–Crippen LogP) is 0.805. The highest BCUT2D eigenvalue weighted by molar-refractivity contribution is 6.30. The van der Waals surface area contributed by atoms with Crippen LogP contribution in [0.25, 0.3) is 0 Å². The zero-order chi connectivity index (χ0) is 8.43. The molecule has 0 bridgehead atoms. The number of carbonyl (C=O) groups is 1. The van der Waals surface area contributed by atoms with E-state index in [2.05, 4.69) is 0 Å². The number of halogens is 1. The van der Waals surface area contributed by atoms with Crippen molar-refractivity contribution < 1.29 is 14.6 Å². The summed E-state index contributed by atoms with van der Waals surface area (Å²) in [5.74, 6) is -0.357. The fourth-order valence-electron chi connectivity index (χ4n) is 0.985. The maximum atomic E-state index is 10.4. The van der Waals surface area contributed by atoms with Crippen molar-refractivity contribution in [3.8, 4) is 0 Å². The molecule has 4 heteroatoms. The molecule has 0 aliphatic heterocycles. The zero-order valence-electron chi connectivity index (χ0n) is 6.08. The van der Waals surface area contributed by atoms with Crippen LogP contribution in [0, 0.1) is 0 Å². The highest BCUT2D eigenvalue weighted by Gasteiger charge is 2.24. The Kier molecular flexibility index (Phi) is 2.52. The quantitative estimate of drug-likeness (QED) is 0.602. The summed E-state index contributed by atoms with van der Waals surface area (Å²) in [6, 6.07) is 0. The van der Waals surface area contributed by atoms with Crippen molar-refractivity contribution in [2.75, 3.05) is 0 Å². The van der Waals surface area contributed by atoms with Gasteiger partial charge in [-0.05, 0) is 6.08 Å². The number of rotatable bonds is 1. The van der Waals surface area contributed by atoms with Crippen LogP contribution >= 0.6 is 11.6 Å².